The number of amides is 1. The van der Waals surface area contributed by atoms with Gasteiger partial charge >= 0.3 is 0 Å². The molecule has 2 N–H and O–H groups in total. The first-order valence-electron chi connectivity index (χ1n) is 5.46. The molecule has 1 fully saturated rings. The van der Waals surface area contributed by atoms with Crippen molar-refractivity contribution in [3.63, 3.8) is 0 Å². The van der Waals surface area contributed by atoms with Crippen molar-refractivity contribution in [3.05, 3.63) is 0 Å². The van der Waals surface area contributed by atoms with Gasteiger partial charge in [-0.2, -0.15) is 0 Å². The summed E-state index contributed by atoms with van der Waals surface area (Å²) < 4.78 is 0. The normalized spacial score (nSPS) is 18.5. The van der Waals surface area contributed by atoms with Crippen LogP contribution in [0.2, 0.25) is 0 Å². The monoisotopic (exact) mass is 216 g/mol. The summed E-state index contributed by atoms with van der Waals surface area (Å²) in [5.74, 6) is 0.180. The van der Waals surface area contributed by atoms with E-state index in [0.29, 0.717) is 19.5 Å². The Hall–Kier alpha value is -0.650. The fourth-order valence-electron chi connectivity index (χ4n) is 1.85. The van der Waals surface area contributed by atoms with Crippen LogP contribution in [-0.2, 0) is 4.79 Å². The molecule has 0 aromatic rings. The molecule has 0 spiro atoms. The van der Waals surface area contributed by atoms with E-state index < -0.39 is 0 Å². The second-order valence-corrected chi connectivity index (χ2v) is 3.79. The second-order valence-electron chi connectivity index (χ2n) is 3.79. The third-order valence-corrected chi connectivity index (χ3v) is 2.91. The summed E-state index contributed by atoms with van der Waals surface area (Å²) in [5, 5.41) is 18.0. The van der Waals surface area contributed by atoms with Crippen LogP contribution in [-0.4, -0.2) is 71.4 Å². The number of hydrogen-bond donors (Lipinski definition) is 2. The molecule has 0 unspecified atom stereocenters. The highest BCUT2D eigenvalue weighted by atomic mass is 16.3. The van der Waals surface area contributed by atoms with E-state index >= 15 is 0 Å². The summed E-state index contributed by atoms with van der Waals surface area (Å²) in [4.78, 5) is 15.3. The average molecular weight is 216 g/mol. The Balaban J connectivity index is 2.38. The van der Waals surface area contributed by atoms with E-state index in [2.05, 4.69) is 0 Å². The van der Waals surface area contributed by atoms with Gasteiger partial charge in [-0.15, -0.1) is 0 Å². The first kappa shape index (κ1) is 12.4. The molecule has 0 saturated carbocycles. The number of carbonyl (C=O) groups is 1. The maximum Gasteiger partial charge on any atom is 0.222 e. The van der Waals surface area contributed by atoms with E-state index in [4.69, 9.17) is 10.2 Å². The molecule has 5 heteroatoms. The molecule has 0 aromatic heterocycles. The Morgan fingerprint density at radius 1 is 1.20 bits per heavy atom. The molecular formula is C10H20N2O3. The molecule has 1 amide bonds. The Kier molecular flexibility index (Phi) is 5.01. The fourth-order valence-corrected chi connectivity index (χ4v) is 1.85. The van der Waals surface area contributed by atoms with E-state index in [1.807, 2.05) is 16.7 Å². The number of aliphatic hydroxyl groups excluding tert-OH is 2. The smallest absolute Gasteiger partial charge is 0.222 e. The van der Waals surface area contributed by atoms with Crippen molar-refractivity contribution in [2.45, 2.75) is 19.4 Å². The average Bonchev–Trinajstić information content (AvgIpc) is 2.30. The van der Waals surface area contributed by atoms with Crippen molar-refractivity contribution >= 4 is 5.91 Å². The summed E-state index contributed by atoms with van der Waals surface area (Å²) in [5.41, 5.74) is 0. The highest BCUT2D eigenvalue weighted by molar-refractivity contribution is 5.75. The van der Waals surface area contributed by atoms with Crippen molar-refractivity contribution in [1.29, 1.82) is 0 Å². The molecule has 5 nitrogen and oxygen atoms in total. The molecule has 0 radical (unpaired) electrons. The summed E-state index contributed by atoms with van der Waals surface area (Å²) in [7, 11) is 0. The number of rotatable bonds is 4. The molecule has 1 aliphatic heterocycles. The van der Waals surface area contributed by atoms with Gasteiger partial charge in [-0.1, -0.05) is 6.92 Å². The van der Waals surface area contributed by atoms with Gasteiger partial charge in [-0.05, 0) is 0 Å². The van der Waals surface area contributed by atoms with Gasteiger partial charge < -0.3 is 15.1 Å². The zero-order valence-electron chi connectivity index (χ0n) is 9.22. The van der Waals surface area contributed by atoms with Gasteiger partial charge in [0.25, 0.3) is 0 Å². The van der Waals surface area contributed by atoms with Crippen LogP contribution in [0.1, 0.15) is 13.3 Å². The van der Waals surface area contributed by atoms with Crippen LogP contribution < -0.4 is 0 Å². The number of hydrogen-bond acceptors (Lipinski definition) is 4. The van der Waals surface area contributed by atoms with Gasteiger partial charge in [0.2, 0.25) is 5.91 Å². The van der Waals surface area contributed by atoms with Crippen molar-refractivity contribution < 1.29 is 15.0 Å². The maximum absolute atomic E-state index is 11.4. The Morgan fingerprint density at radius 2 is 1.73 bits per heavy atom. The third kappa shape index (κ3) is 3.15. The SMILES string of the molecule is CCC(=O)N1CCN(C(CO)CO)CC1. The van der Waals surface area contributed by atoms with E-state index in [0.717, 1.165) is 13.1 Å². The molecule has 88 valence electrons. The van der Waals surface area contributed by atoms with Crippen molar-refractivity contribution in [2.24, 2.45) is 0 Å². The molecule has 1 saturated heterocycles. The van der Waals surface area contributed by atoms with Crippen LogP contribution in [0.3, 0.4) is 0 Å². The largest absolute Gasteiger partial charge is 0.395 e. The zero-order valence-corrected chi connectivity index (χ0v) is 9.22. The van der Waals surface area contributed by atoms with Gasteiger partial charge in [0, 0.05) is 32.6 Å². The number of piperazine rings is 1. The lowest BCUT2D eigenvalue weighted by atomic mass is 10.2. The lowest BCUT2D eigenvalue weighted by Gasteiger charge is -2.38. The predicted octanol–water partition coefficient (Wildman–Crippen LogP) is -1.11. The Labute approximate surface area is 90.3 Å². The fraction of sp³-hybridized carbons (Fsp3) is 0.900. The topological polar surface area (TPSA) is 64.0 Å². The Bertz CT molecular complexity index is 199. The lowest BCUT2D eigenvalue weighted by molar-refractivity contribution is -0.133. The molecule has 0 aromatic carbocycles. The Morgan fingerprint density at radius 3 is 2.13 bits per heavy atom. The van der Waals surface area contributed by atoms with Gasteiger partial charge in [-0.25, -0.2) is 0 Å². The lowest BCUT2D eigenvalue weighted by Crippen LogP contribution is -2.53. The first-order valence-corrected chi connectivity index (χ1v) is 5.46. The van der Waals surface area contributed by atoms with Gasteiger partial charge in [-0.3, -0.25) is 9.69 Å². The van der Waals surface area contributed by atoms with Gasteiger partial charge in [0.05, 0.1) is 19.3 Å². The number of nitrogens with zero attached hydrogens (tertiary/aromatic N) is 2. The minimum absolute atomic E-state index is 0.0295. The quantitative estimate of drug-likeness (QED) is 0.626. The van der Waals surface area contributed by atoms with Crippen LogP contribution in [0.5, 0.6) is 0 Å². The molecule has 0 atom stereocenters. The van der Waals surface area contributed by atoms with E-state index in [1.165, 1.54) is 0 Å². The standard InChI is InChI=1S/C10H20N2O3/c1-2-10(15)12-5-3-11(4-6-12)9(7-13)8-14/h9,13-14H,2-8H2,1H3. The second kappa shape index (κ2) is 6.05. The molecule has 0 bridgehead atoms. The van der Waals surface area contributed by atoms with Crippen LogP contribution >= 0.6 is 0 Å². The molecule has 0 aliphatic carbocycles. The molecule has 1 heterocycles. The molecular weight excluding hydrogens is 196 g/mol. The number of carbonyl (C=O) groups excluding carboxylic acids is 1. The van der Waals surface area contributed by atoms with Crippen LogP contribution in [0.15, 0.2) is 0 Å². The van der Waals surface area contributed by atoms with E-state index in [1.54, 1.807) is 0 Å². The third-order valence-electron chi connectivity index (χ3n) is 2.91. The summed E-state index contributed by atoms with van der Waals surface area (Å²) in [6, 6.07) is -0.177. The van der Waals surface area contributed by atoms with Gasteiger partial charge in [0.1, 0.15) is 0 Å². The summed E-state index contributed by atoms with van der Waals surface area (Å²) >= 11 is 0. The highest BCUT2D eigenvalue weighted by Gasteiger charge is 2.24. The van der Waals surface area contributed by atoms with Crippen LogP contribution in [0.4, 0.5) is 0 Å². The van der Waals surface area contributed by atoms with Gasteiger partial charge in [0.15, 0.2) is 0 Å². The zero-order chi connectivity index (χ0) is 11.3. The molecule has 15 heavy (non-hydrogen) atoms. The van der Waals surface area contributed by atoms with Crippen molar-refractivity contribution in [1.82, 2.24) is 9.80 Å². The van der Waals surface area contributed by atoms with E-state index in [-0.39, 0.29) is 25.2 Å². The van der Waals surface area contributed by atoms with Crippen LogP contribution in [0.25, 0.3) is 0 Å². The van der Waals surface area contributed by atoms with Crippen LogP contribution in [0, 0.1) is 0 Å². The van der Waals surface area contributed by atoms with E-state index in [9.17, 15) is 4.79 Å². The minimum Gasteiger partial charge on any atom is -0.395 e. The number of aliphatic hydroxyl groups is 2. The molecule has 1 rings (SSSR count). The summed E-state index contributed by atoms with van der Waals surface area (Å²) in [6.45, 7) is 4.66. The first-order chi connectivity index (χ1) is 7.22. The van der Waals surface area contributed by atoms with Crippen molar-refractivity contribution in [3.8, 4) is 0 Å². The summed E-state index contributed by atoms with van der Waals surface area (Å²) in [6.07, 6.45) is 0.545. The maximum atomic E-state index is 11.4. The van der Waals surface area contributed by atoms with Crippen molar-refractivity contribution in [2.75, 3.05) is 39.4 Å². The minimum atomic E-state index is -0.177. The molecule has 1 aliphatic rings. The highest BCUT2D eigenvalue weighted by Crippen LogP contribution is 2.07. The predicted molar refractivity (Wildman–Crippen MR) is 56.4 cm³/mol.